The fourth-order valence-corrected chi connectivity index (χ4v) is 2.58. The summed E-state index contributed by atoms with van der Waals surface area (Å²) >= 11 is 0. The van der Waals surface area contributed by atoms with Crippen molar-refractivity contribution in [2.24, 2.45) is 0 Å². The minimum absolute atomic E-state index is 0.112. The van der Waals surface area contributed by atoms with Crippen molar-refractivity contribution in [2.75, 3.05) is 13.7 Å². The summed E-state index contributed by atoms with van der Waals surface area (Å²) in [6.45, 7) is 1.62. The zero-order valence-electron chi connectivity index (χ0n) is 15.1. The van der Waals surface area contributed by atoms with Gasteiger partial charge in [0, 0.05) is 7.05 Å². The van der Waals surface area contributed by atoms with Crippen molar-refractivity contribution in [3.63, 3.8) is 0 Å². The molecular formula is C20H20N4O3. The van der Waals surface area contributed by atoms with E-state index in [4.69, 9.17) is 4.74 Å². The Bertz CT molecular complexity index is 893. The summed E-state index contributed by atoms with van der Waals surface area (Å²) in [5.74, 6) is -0.812. The molecule has 0 aliphatic heterocycles. The van der Waals surface area contributed by atoms with Crippen LogP contribution in [0.25, 0.3) is 5.69 Å². The van der Waals surface area contributed by atoms with Crippen LogP contribution in [-0.2, 0) is 9.53 Å². The maximum Gasteiger partial charge on any atom is 0.338 e. The molecule has 3 rings (SSSR count). The lowest BCUT2D eigenvalue weighted by Crippen LogP contribution is -2.33. The van der Waals surface area contributed by atoms with Crippen LogP contribution in [0.15, 0.2) is 67.3 Å². The summed E-state index contributed by atoms with van der Waals surface area (Å²) in [6.07, 6.45) is 3.00. The van der Waals surface area contributed by atoms with Gasteiger partial charge in [0.05, 0.1) is 17.3 Å². The molecule has 0 aliphatic rings. The predicted octanol–water partition coefficient (Wildman–Crippen LogP) is 2.64. The Morgan fingerprint density at radius 2 is 1.81 bits per heavy atom. The van der Waals surface area contributed by atoms with Gasteiger partial charge in [0.1, 0.15) is 12.7 Å². The van der Waals surface area contributed by atoms with Crippen molar-refractivity contribution in [2.45, 2.75) is 13.0 Å². The van der Waals surface area contributed by atoms with Crippen molar-refractivity contribution in [1.29, 1.82) is 0 Å². The van der Waals surface area contributed by atoms with Gasteiger partial charge in [0.15, 0.2) is 6.61 Å². The smallest absolute Gasteiger partial charge is 0.338 e. The lowest BCUT2D eigenvalue weighted by atomic mass is 10.1. The van der Waals surface area contributed by atoms with E-state index in [9.17, 15) is 9.59 Å². The van der Waals surface area contributed by atoms with E-state index >= 15 is 0 Å². The zero-order chi connectivity index (χ0) is 19.2. The van der Waals surface area contributed by atoms with Crippen LogP contribution in [0.1, 0.15) is 28.9 Å². The number of esters is 1. The van der Waals surface area contributed by atoms with Gasteiger partial charge in [-0.25, -0.2) is 14.5 Å². The van der Waals surface area contributed by atoms with Gasteiger partial charge in [-0.2, -0.15) is 5.10 Å². The number of likely N-dealkylation sites (N-methyl/N-ethyl adjacent to an activating group) is 1. The Labute approximate surface area is 157 Å². The van der Waals surface area contributed by atoms with Gasteiger partial charge in [-0.1, -0.05) is 30.3 Å². The number of rotatable bonds is 6. The first-order valence-electron chi connectivity index (χ1n) is 8.49. The maximum absolute atomic E-state index is 12.3. The van der Waals surface area contributed by atoms with Crippen molar-refractivity contribution in [1.82, 2.24) is 19.7 Å². The normalized spacial score (nSPS) is 11.6. The van der Waals surface area contributed by atoms with E-state index in [1.807, 2.05) is 37.3 Å². The first-order valence-corrected chi connectivity index (χ1v) is 8.49. The van der Waals surface area contributed by atoms with Crippen LogP contribution in [0, 0.1) is 0 Å². The number of hydrogen-bond donors (Lipinski definition) is 0. The minimum atomic E-state index is -0.547. The van der Waals surface area contributed by atoms with E-state index in [1.165, 1.54) is 6.33 Å². The summed E-state index contributed by atoms with van der Waals surface area (Å²) in [5, 5.41) is 4.02. The quantitative estimate of drug-likeness (QED) is 0.629. The van der Waals surface area contributed by atoms with Gasteiger partial charge in [-0.05, 0) is 36.8 Å². The maximum atomic E-state index is 12.3. The number of aromatic nitrogens is 3. The SMILES string of the molecule is C[C@H](c1ccccc1)N(C)C(=O)COC(=O)c1ccc(-n2cncn2)cc1. The molecule has 0 bridgehead atoms. The first kappa shape index (κ1) is 18.3. The molecule has 1 amide bonds. The second-order valence-corrected chi connectivity index (χ2v) is 6.05. The fourth-order valence-electron chi connectivity index (χ4n) is 2.58. The highest BCUT2D eigenvalue weighted by Crippen LogP contribution is 2.18. The average Bonchev–Trinajstić information content (AvgIpc) is 3.26. The molecule has 7 heteroatoms. The van der Waals surface area contributed by atoms with Crippen LogP contribution in [0.3, 0.4) is 0 Å². The van der Waals surface area contributed by atoms with Crippen molar-refractivity contribution in [3.05, 3.63) is 78.4 Å². The van der Waals surface area contributed by atoms with Crippen LogP contribution in [0.5, 0.6) is 0 Å². The zero-order valence-corrected chi connectivity index (χ0v) is 15.1. The molecule has 1 aromatic heterocycles. The number of benzene rings is 2. The van der Waals surface area contributed by atoms with Crippen LogP contribution < -0.4 is 0 Å². The number of carbonyl (C=O) groups excluding carboxylic acids is 2. The number of ether oxygens (including phenoxy) is 1. The molecule has 2 aromatic carbocycles. The topological polar surface area (TPSA) is 77.3 Å². The van der Waals surface area contributed by atoms with E-state index in [1.54, 1.807) is 47.2 Å². The standard InChI is InChI=1S/C20H20N4O3/c1-15(16-6-4-3-5-7-16)23(2)19(25)12-27-20(26)17-8-10-18(11-9-17)24-14-21-13-22-24/h3-11,13-15H,12H2,1-2H3/t15-/m1/s1. The number of nitrogens with zero attached hydrogens (tertiary/aromatic N) is 4. The predicted molar refractivity (Wildman–Crippen MR) is 99.3 cm³/mol. The Hall–Kier alpha value is -3.48. The highest BCUT2D eigenvalue weighted by atomic mass is 16.5. The molecule has 0 N–H and O–H groups in total. The molecule has 0 radical (unpaired) electrons. The Morgan fingerprint density at radius 3 is 2.44 bits per heavy atom. The van der Waals surface area contributed by atoms with Crippen molar-refractivity contribution in [3.8, 4) is 5.69 Å². The fraction of sp³-hybridized carbons (Fsp3) is 0.200. The molecule has 138 valence electrons. The molecule has 27 heavy (non-hydrogen) atoms. The van der Waals surface area contributed by atoms with Gasteiger partial charge in [-0.15, -0.1) is 0 Å². The van der Waals surface area contributed by atoms with Crippen LogP contribution >= 0.6 is 0 Å². The average molecular weight is 364 g/mol. The molecule has 0 aliphatic carbocycles. The second kappa shape index (κ2) is 8.27. The van der Waals surface area contributed by atoms with Gasteiger partial charge < -0.3 is 9.64 Å². The minimum Gasteiger partial charge on any atom is -0.452 e. The highest BCUT2D eigenvalue weighted by molar-refractivity contribution is 5.91. The number of amides is 1. The van der Waals surface area contributed by atoms with E-state index in [2.05, 4.69) is 10.1 Å². The van der Waals surface area contributed by atoms with Gasteiger partial charge in [-0.3, -0.25) is 4.79 Å². The third-order valence-electron chi connectivity index (χ3n) is 4.37. The largest absolute Gasteiger partial charge is 0.452 e. The third-order valence-corrected chi connectivity index (χ3v) is 4.37. The highest BCUT2D eigenvalue weighted by Gasteiger charge is 2.19. The molecule has 0 spiro atoms. The number of hydrogen-bond acceptors (Lipinski definition) is 5. The van der Waals surface area contributed by atoms with Crippen LogP contribution in [0.4, 0.5) is 0 Å². The summed E-state index contributed by atoms with van der Waals surface area (Å²) in [5.41, 5.74) is 2.16. The van der Waals surface area contributed by atoms with E-state index in [0.29, 0.717) is 5.56 Å². The summed E-state index contributed by atoms with van der Waals surface area (Å²) in [4.78, 5) is 30.0. The molecule has 3 aromatic rings. The molecule has 0 saturated heterocycles. The van der Waals surface area contributed by atoms with Crippen LogP contribution in [-0.4, -0.2) is 45.2 Å². The molecule has 1 atom stereocenters. The van der Waals surface area contributed by atoms with Crippen molar-refractivity contribution < 1.29 is 14.3 Å². The first-order chi connectivity index (χ1) is 13.1. The molecule has 0 unspecified atom stereocenters. The van der Waals surface area contributed by atoms with E-state index in [0.717, 1.165) is 11.3 Å². The van der Waals surface area contributed by atoms with E-state index < -0.39 is 5.97 Å². The lowest BCUT2D eigenvalue weighted by Gasteiger charge is -2.25. The van der Waals surface area contributed by atoms with Gasteiger partial charge >= 0.3 is 5.97 Å². The molecule has 0 fully saturated rings. The Morgan fingerprint density at radius 1 is 1.11 bits per heavy atom. The molecular weight excluding hydrogens is 344 g/mol. The lowest BCUT2D eigenvalue weighted by molar-refractivity contribution is -0.135. The van der Waals surface area contributed by atoms with E-state index in [-0.39, 0.29) is 18.6 Å². The molecule has 7 nitrogen and oxygen atoms in total. The van der Waals surface area contributed by atoms with Crippen molar-refractivity contribution >= 4 is 11.9 Å². The Kier molecular flexibility index (Phi) is 5.61. The third kappa shape index (κ3) is 4.38. The number of carbonyl (C=O) groups is 2. The van der Waals surface area contributed by atoms with Gasteiger partial charge in [0.25, 0.3) is 5.91 Å². The second-order valence-electron chi connectivity index (χ2n) is 6.05. The van der Waals surface area contributed by atoms with Gasteiger partial charge in [0.2, 0.25) is 0 Å². The molecule has 0 saturated carbocycles. The summed E-state index contributed by atoms with van der Waals surface area (Å²) < 4.78 is 6.74. The summed E-state index contributed by atoms with van der Waals surface area (Å²) in [6, 6.07) is 16.3. The monoisotopic (exact) mass is 364 g/mol. The van der Waals surface area contributed by atoms with Crippen LogP contribution in [0.2, 0.25) is 0 Å². The Balaban J connectivity index is 1.56. The molecule has 1 heterocycles. The summed E-state index contributed by atoms with van der Waals surface area (Å²) in [7, 11) is 1.70.